The molecule has 1 N–H and O–H groups in total. The van der Waals surface area contributed by atoms with Gasteiger partial charge in [0.15, 0.2) is 0 Å². The normalized spacial score (nSPS) is 11.6. The standard InChI is InChI=1S/C20H25NO4/c1-21(15-19(22)16-10-12-17(24-2)13-11-16)20(23)9-6-14-25-18-7-4-3-5-8-18/h3-5,7-8,10-13,19,22H,6,9,14-15H2,1-2H3. The van der Waals surface area contributed by atoms with Crippen molar-refractivity contribution < 1.29 is 19.4 Å². The summed E-state index contributed by atoms with van der Waals surface area (Å²) >= 11 is 0. The first kappa shape index (κ1) is 18.8. The van der Waals surface area contributed by atoms with Gasteiger partial charge in [0.2, 0.25) is 5.91 Å². The highest BCUT2D eigenvalue weighted by Crippen LogP contribution is 2.18. The van der Waals surface area contributed by atoms with Crippen molar-refractivity contribution in [2.45, 2.75) is 18.9 Å². The Hall–Kier alpha value is -2.53. The van der Waals surface area contributed by atoms with Crippen LogP contribution in [-0.2, 0) is 4.79 Å². The average molecular weight is 343 g/mol. The lowest BCUT2D eigenvalue weighted by molar-refractivity contribution is -0.131. The molecule has 0 fully saturated rings. The number of carbonyl (C=O) groups excluding carboxylic acids is 1. The quantitative estimate of drug-likeness (QED) is 0.711. The molecule has 0 radical (unpaired) electrons. The van der Waals surface area contributed by atoms with Gasteiger partial charge in [0.25, 0.3) is 0 Å². The lowest BCUT2D eigenvalue weighted by atomic mass is 10.1. The van der Waals surface area contributed by atoms with Crippen LogP contribution in [0, 0.1) is 0 Å². The van der Waals surface area contributed by atoms with Gasteiger partial charge in [-0.1, -0.05) is 30.3 Å². The summed E-state index contributed by atoms with van der Waals surface area (Å²) in [6.07, 6.45) is 0.301. The Morgan fingerprint density at radius 3 is 2.40 bits per heavy atom. The van der Waals surface area contributed by atoms with Crippen LogP contribution >= 0.6 is 0 Å². The molecule has 0 aromatic heterocycles. The van der Waals surface area contributed by atoms with Crippen LogP contribution in [0.4, 0.5) is 0 Å². The monoisotopic (exact) mass is 343 g/mol. The zero-order valence-corrected chi connectivity index (χ0v) is 14.7. The maximum atomic E-state index is 12.2. The average Bonchev–Trinajstić information content (AvgIpc) is 2.65. The number of aliphatic hydroxyl groups excluding tert-OH is 1. The number of rotatable bonds is 9. The molecule has 0 bridgehead atoms. The maximum absolute atomic E-state index is 12.2. The zero-order chi connectivity index (χ0) is 18.1. The number of aliphatic hydroxyl groups is 1. The van der Waals surface area contributed by atoms with E-state index in [0.717, 1.165) is 17.1 Å². The van der Waals surface area contributed by atoms with E-state index >= 15 is 0 Å². The smallest absolute Gasteiger partial charge is 0.222 e. The molecular formula is C20H25NO4. The number of ether oxygens (including phenoxy) is 2. The third kappa shape index (κ3) is 6.12. The van der Waals surface area contributed by atoms with Crippen molar-refractivity contribution in [1.82, 2.24) is 4.90 Å². The summed E-state index contributed by atoms with van der Waals surface area (Å²) in [4.78, 5) is 13.7. The second-order valence-corrected chi connectivity index (χ2v) is 5.83. The Morgan fingerprint density at radius 2 is 1.76 bits per heavy atom. The molecule has 1 atom stereocenters. The number of nitrogens with zero attached hydrogens (tertiary/aromatic N) is 1. The summed E-state index contributed by atoms with van der Waals surface area (Å²) < 4.78 is 10.7. The number of hydrogen-bond acceptors (Lipinski definition) is 4. The first-order chi connectivity index (χ1) is 12.1. The number of benzene rings is 2. The Morgan fingerprint density at radius 1 is 1.08 bits per heavy atom. The Labute approximate surface area is 148 Å². The van der Waals surface area contributed by atoms with Crippen LogP contribution in [0.15, 0.2) is 54.6 Å². The van der Waals surface area contributed by atoms with E-state index in [1.807, 2.05) is 30.3 Å². The van der Waals surface area contributed by atoms with Crippen molar-refractivity contribution in [3.05, 3.63) is 60.2 Å². The van der Waals surface area contributed by atoms with Crippen LogP contribution in [-0.4, -0.2) is 43.2 Å². The van der Waals surface area contributed by atoms with Gasteiger partial charge in [-0.15, -0.1) is 0 Å². The van der Waals surface area contributed by atoms with E-state index in [0.29, 0.717) is 19.4 Å². The second-order valence-electron chi connectivity index (χ2n) is 5.83. The fourth-order valence-corrected chi connectivity index (χ4v) is 2.41. The van der Waals surface area contributed by atoms with Crippen molar-refractivity contribution in [1.29, 1.82) is 0 Å². The SMILES string of the molecule is COc1ccc(C(O)CN(C)C(=O)CCCOc2ccccc2)cc1. The van der Waals surface area contributed by atoms with Crippen molar-refractivity contribution in [3.8, 4) is 11.5 Å². The minimum absolute atomic E-state index is 0.00998. The Bertz CT molecular complexity index is 643. The fourth-order valence-electron chi connectivity index (χ4n) is 2.41. The highest BCUT2D eigenvalue weighted by Gasteiger charge is 2.15. The van der Waals surface area contributed by atoms with Crippen molar-refractivity contribution in [2.75, 3.05) is 27.3 Å². The number of methoxy groups -OCH3 is 1. The molecule has 1 unspecified atom stereocenters. The second kappa shape index (κ2) is 9.69. The summed E-state index contributed by atoms with van der Waals surface area (Å²) in [7, 11) is 3.30. The zero-order valence-electron chi connectivity index (χ0n) is 14.7. The molecule has 25 heavy (non-hydrogen) atoms. The number of likely N-dealkylation sites (N-methyl/N-ethyl adjacent to an activating group) is 1. The third-order valence-corrected chi connectivity index (χ3v) is 3.92. The van der Waals surface area contributed by atoms with E-state index in [9.17, 15) is 9.90 Å². The van der Waals surface area contributed by atoms with Gasteiger partial charge in [0.1, 0.15) is 11.5 Å². The lowest BCUT2D eigenvalue weighted by Gasteiger charge is -2.21. The van der Waals surface area contributed by atoms with E-state index in [1.165, 1.54) is 0 Å². The molecule has 0 saturated heterocycles. The van der Waals surface area contributed by atoms with Crippen molar-refractivity contribution >= 4 is 5.91 Å². The van der Waals surface area contributed by atoms with Gasteiger partial charge in [-0.25, -0.2) is 0 Å². The molecule has 0 spiro atoms. The van der Waals surface area contributed by atoms with Crippen LogP contribution in [0.2, 0.25) is 0 Å². The largest absolute Gasteiger partial charge is 0.497 e. The van der Waals surface area contributed by atoms with Crippen LogP contribution in [0.25, 0.3) is 0 Å². The molecular weight excluding hydrogens is 318 g/mol. The van der Waals surface area contributed by atoms with Gasteiger partial charge >= 0.3 is 0 Å². The molecule has 1 amide bonds. The first-order valence-corrected chi connectivity index (χ1v) is 8.34. The van der Waals surface area contributed by atoms with Gasteiger partial charge in [-0.05, 0) is 36.2 Å². The lowest BCUT2D eigenvalue weighted by Crippen LogP contribution is -2.31. The number of para-hydroxylation sites is 1. The van der Waals surface area contributed by atoms with E-state index in [1.54, 1.807) is 43.3 Å². The topological polar surface area (TPSA) is 59.0 Å². The molecule has 2 aromatic rings. The molecule has 2 rings (SSSR count). The summed E-state index contributed by atoms with van der Waals surface area (Å²) in [6.45, 7) is 0.745. The summed E-state index contributed by atoms with van der Waals surface area (Å²) in [5.74, 6) is 1.53. The van der Waals surface area contributed by atoms with Gasteiger partial charge in [-0.2, -0.15) is 0 Å². The summed E-state index contributed by atoms with van der Waals surface area (Å²) in [5.41, 5.74) is 0.757. The van der Waals surface area contributed by atoms with Gasteiger partial charge in [0, 0.05) is 13.5 Å². The predicted octanol–water partition coefficient (Wildman–Crippen LogP) is 3.05. The molecule has 0 aliphatic rings. The molecule has 134 valence electrons. The Balaban J connectivity index is 1.71. The molecule has 0 aliphatic heterocycles. The molecule has 0 heterocycles. The van der Waals surface area contributed by atoms with E-state index in [4.69, 9.17) is 9.47 Å². The van der Waals surface area contributed by atoms with Gasteiger partial charge in [-0.3, -0.25) is 4.79 Å². The minimum Gasteiger partial charge on any atom is -0.497 e. The van der Waals surface area contributed by atoms with Crippen LogP contribution in [0.3, 0.4) is 0 Å². The highest BCUT2D eigenvalue weighted by atomic mass is 16.5. The van der Waals surface area contributed by atoms with Crippen LogP contribution < -0.4 is 9.47 Å². The molecule has 0 saturated carbocycles. The molecule has 5 heteroatoms. The summed E-state index contributed by atoms with van der Waals surface area (Å²) in [5, 5.41) is 10.3. The van der Waals surface area contributed by atoms with Crippen molar-refractivity contribution in [2.24, 2.45) is 0 Å². The van der Waals surface area contributed by atoms with E-state index in [-0.39, 0.29) is 12.5 Å². The van der Waals surface area contributed by atoms with Crippen LogP contribution in [0.1, 0.15) is 24.5 Å². The first-order valence-electron chi connectivity index (χ1n) is 8.34. The fraction of sp³-hybridized carbons (Fsp3) is 0.350. The van der Waals surface area contributed by atoms with E-state index < -0.39 is 6.10 Å². The molecule has 2 aromatic carbocycles. The predicted molar refractivity (Wildman–Crippen MR) is 96.8 cm³/mol. The number of carbonyl (C=O) groups is 1. The van der Waals surface area contributed by atoms with Crippen molar-refractivity contribution in [3.63, 3.8) is 0 Å². The Kier molecular flexibility index (Phi) is 7.29. The molecule has 5 nitrogen and oxygen atoms in total. The number of hydrogen-bond donors (Lipinski definition) is 1. The minimum atomic E-state index is -0.722. The summed E-state index contributed by atoms with van der Waals surface area (Å²) in [6, 6.07) is 16.7. The van der Waals surface area contributed by atoms with E-state index in [2.05, 4.69) is 0 Å². The van der Waals surface area contributed by atoms with Gasteiger partial charge < -0.3 is 19.5 Å². The van der Waals surface area contributed by atoms with Gasteiger partial charge in [0.05, 0.1) is 26.4 Å². The molecule has 0 aliphatic carbocycles. The maximum Gasteiger partial charge on any atom is 0.222 e. The number of amides is 1. The van der Waals surface area contributed by atoms with Crippen LogP contribution in [0.5, 0.6) is 11.5 Å². The highest BCUT2D eigenvalue weighted by molar-refractivity contribution is 5.75. The third-order valence-electron chi connectivity index (χ3n) is 3.92.